The Morgan fingerprint density at radius 2 is 1.95 bits per heavy atom. The molecule has 0 aromatic heterocycles. The first-order valence-corrected chi connectivity index (χ1v) is 6.16. The van der Waals surface area contributed by atoms with E-state index in [0.29, 0.717) is 6.42 Å². The van der Waals surface area contributed by atoms with E-state index in [-0.39, 0.29) is 31.4 Å². The fourth-order valence-electron chi connectivity index (χ4n) is 1.53. The Bertz CT molecular complexity index is 447. The molecule has 20 heavy (non-hydrogen) atoms. The molecule has 0 saturated carbocycles. The second kappa shape index (κ2) is 8.13. The first-order chi connectivity index (χ1) is 9.49. The number of rotatable bonds is 8. The van der Waals surface area contributed by atoms with E-state index in [1.165, 1.54) is 12.1 Å². The average molecular weight is 281 g/mol. The number of primary amides is 1. The summed E-state index contributed by atoms with van der Waals surface area (Å²) in [6, 6.07) is 5.81. The average Bonchev–Trinajstić information content (AvgIpc) is 2.40. The lowest BCUT2D eigenvalue weighted by Gasteiger charge is -2.12. The number of nitrogens with two attached hydrogens (primary N) is 2. The summed E-state index contributed by atoms with van der Waals surface area (Å²) >= 11 is 0. The molecule has 0 aliphatic heterocycles. The summed E-state index contributed by atoms with van der Waals surface area (Å²) in [5.74, 6) is -0.695. The van der Waals surface area contributed by atoms with Crippen molar-refractivity contribution < 1.29 is 19.4 Å². The number of amides is 2. The van der Waals surface area contributed by atoms with Gasteiger partial charge >= 0.3 is 0 Å². The number of aromatic hydroxyl groups is 1. The van der Waals surface area contributed by atoms with Crippen molar-refractivity contribution in [3.8, 4) is 5.75 Å². The van der Waals surface area contributed by atoms with Gasteiger partial charge in [0.15, 0.2) is 0 Å². The van der Waals surface area contributed by atoms with E-state index >= 15 is 0 Å². The molecular formula is C13H19N3O4. The second-order valence-electron chi connectivity index (χ2n) is 4.29. The van der Waals surface area contributed by atoms with Crippen LogP contribution < -0.4 is 16.8 Å². The molecule has 0 radical (unpaired) electrons. The maximum absolute atomic E-state index is 11.7. The highest BCUT2D eigenvalue weighted by atomic mass is 16.5. The standard InChI is InChI=1S/C13H19N3O4/c14-11(7-9-1-3-10(17)4-2-9)13(19)16-5-6-20-8-12(15)18/h1-4,11,17H,5-8,14H2,(H2,15,18)(H,16,19). The van der Waals surface area contributed by atoms with Crippen LogP contribution in [-0.2, 0) is 20.7 Å². The van der Waals surface area contributed by atoms with Crippen LogP contribution in [0.25, 0.3) is 0 Å². The smallest absolute Gasteiger partial charge is 0.243 e. The molecule has 0 aliphatic carbocycles. The molecule has 0 saturated heterocycles. The molecule has 1 rings (SSSR count). The lowest BCUT2D eigenvalue weighted by molar-refractivity contribution is -0.123. The number of benzene rings is 1. The Hall–Kier alpha value is -2.12. The van der Waals surface area contributed by atoms with Gasteiger partial charge in [0, 0.05) is 6.54 Å². The predicted octanol–water partition coefficient (Wildman–Crippen LogP) is -1.12. The molecule has 7 nitrogen and oxygen atoms in total. The molecular weight excluding hydrogens is 262 g/mol. The zero-order valence-corrected chi connectivity index (χ0v) is 11.0. The Labute approximate surface area is 116 Å². The number of phenols is 1. The van der Waals surface area contributed by atoms with Gasteiger partial charge in [0.1, 0.15) is 12.4 Å². The molecule has 0 fully saturated rings. The third-order valence-electron chi connectivity index (χ3n) is 2.52. The van der Waals surface area contributed by atoms with Gasteiger partial charge in [-0.3, -0.25) is 9.59 Å². The first-order valence-electron chi connectivity index (χ1n) is 6.16. The minimum Gasteiger partial charge on any atom is -0.508 e. The van der Waals surface area contributed by atoms with Crippen molar-refractivity contribution in [2.24, 2.45) is 11.5 Å². The van der Waals surface area contributed by atoms with Crippen LogP contribution in [0.5, 0.6) is 5.75 Å². The van der Waals surface area contributed by atoms with Crippen LogP contribution in [0.4, 0.5) is 0 Å². The lowest BCUT2D eigenvalue weighted by atomic mass is 10.1. The molecule has 0 spiro atoms. The first kappa shape index (κ1) is 15.9. The van der Waals surface area contributed by atoms with Crippen LogP contribution in [0.3, 0.4) is 0 Å². The van der Waals surface area contributed by atoms with Gasteiger partial charge in [0.25, 0.3) is 0 Å². The van der Waals surface area contributed by atoms with E-state index in [1.807, 2.05) is 0 Å². The highest BCUT2D eigenvalue weighted by molar-refractivity contribution is 5.81. The maximum atomic E-state index is 11.7. The summed E-state index contributed by atoms with van der Waals surface area (Å²) in [4.78, 5) is 22.1. The fraction of sp³-hybridized carbons (Fsp3) is 0.385. The van der Waals surface area contributed by atoms with Crippen molar-refractivity contribution >= 4 is 11.8 Å². The second-order valence-corrected chi connectivity index (χ2v) is 4.29. The Balaban J connectivity index is 2.25. The summed E-state index contributed by atoms with van der Waals surface area (Å²) in [7, 11) is 0. The summed E-state index contributed by atoms with van der Waals surface area (Å²) in [5, 5.41) is 11.7. The maximum Gasteiger partial charge on any atom is 0.243 e. The number of hydrogen-bond donors (Lipinski definition) is 4. The van der Waals surface area contributed by atoms with Crippen molar-refractivity contribution in [1.29, 1.82) is 0 Å². The van der Waals surface area contributed by atoms with Gasteiger partial charge in [-0.25, -0.2) is 0 Å². The minimum absolute atomic E-state index is 0.165. The van der Waals surface area contributed by atoms with E-state index in [4.69, 9.17) is 21.3 Å². The molecule has 7 heteroatoms. The van der Waals surface area contributed by atoms with Crippen molar-refractivity contribution in [3.05, 3.63) is 29.8 Å². The van der Waals surface area contributed by atoms with Gasteiger partial charge in [-0.15, -0.1) is 0 Å². The number of carbonyl (C=O) groups is 2. The Morgan fingerprint density at radius 3 is 2.55 bits per heavy atom. The number of nitrogens with one attached hydrogen (secondary N) is 1. The minimum atomic E-state index is -0.685. The predicted molar refractivity (Wildman–Crippen MR) is 72.8 cm³/mol. The van der Waals surface area contributed by atoms with Gasteiger partial charge in [0.2, 0.25) is 11.8 Å². The third kappa shape index (κ3) is 6.17. The van der Waals surface area contributed by atoms with Crippen LogP contribution in [0, 0.1) is 0 Å². The molecule has 0 heterocycles. The van der Waals surface area contributed by atoms with E-state index in [1.54, 1.807) is 12.1 Å². The van der Waals surface area contributed by atoms with E-state index in [9.17, 15) is 9.59 Å². The largest absolute Gasteiger partial charge is 0.508 e. The van der Waals surface area contributed by atoms with Crippen LogP contribution in [0.15, 0.2) is 24.3 Å². The Morgan fingerprint density at radius 1 is 1.30 bits per heavy atom. The number of ether oxygens (including phenoxy) is 1. The molecule has 110 valence electrons. The van der Waals surface area contributed by atoms with Gasteiger partial charge in [-0.2, -0.15) is 0 Å². The van der Waals surface area contributed by atoms with E-state index < -0.39 is 11.9 Å². The third-order valence-corrected chi connectivity index (χ3v) is 2.52. The lowest BCUT2D eigenvalue weighted by Crippen LogP contribution is -2.43. The molecule has 2 amide bonds. The summed E-state index contributed by atoms with van der Waals surface area (Å²) in [6.07, 6.45) is 0.369. The van der Waals surface area contributed by atoms with Gasteiger partial charge in [0.05, 0.1) is 12.6 Å². The van der Waals surface area contributed by atoms with Crippen molar-refractivity contribution in [2.75, 3.05) is 19.8 Å². The quantitative estimate of drug-likeness (QED) is 0.449. The molecule has 0 bridgehead atoms. The number of hydrogen-bond acceptors (Lipinski definition) is 5. The SMILES string of the molecule is NC(=O)COCCNC(=O)C(N)Cc1ccc(O)cc1. The van der Waals surface area contributed by atoms with Gasteiger partial charge in [-0.1, -0.05) is 12.1 Å². The number of phenolic OH excluding ortho intramolecular Hbond substituents is 1. The molecule has 1 unspecified atom stereocenters. The molecule has 1 aromatic rings. The summed E-state index contributed by atoms with van der Waals surface area (Å²) in [6.45, 7) is 0.283. The van der Waals surface area contributed by atoms with Gasteiger partial charge < -0.3 is 26.6 Å². The molecule has 1 aromatic carbocycles. The van der Waals surface area contributed by atoms with Crippen LogP contribution in [-0.4, -0.2) is 42.7 Å². The van der Waals surface area contributed by atoms with Crippen molar-refractivity contribution in [3.63, 3.8) is 0 Å². The van der Waals surface area contributed by atoms with Crippen LogP contribution in [0.1, 0.15) is 5.56 Å². The highest BCUT2D eigenvalue weighted by Gasteiger charge is 2.13. The van der Waals surface area contributed by atoms with Crippen molar-refractivity contribution in [2.45, 2.75) is 12.5 Å². The molecule has 6 N–H and O–H groups in total. The monoisotopic (exact) mass is 281 g/mol. The fourth-order valence-corrected chi connectivity index (χ4v) is 1.53. The summed E-state index contributed by atoms with van der Waals surface area (Å²) in [5.41, 5.74) is 11.5. The van der Waals surface area contributed by atoms with Crippen LogP contribution in [0.2, 0.25) is 0 Å². The van der Waals surface area contributed by atoms with E-state index in [2.05, 4.69) is 5.32 Å². The van der Waals surface area contributed by atoms with Gasteiger partial charge in [-0.05, 0) is 24.1 Å². The van der Waals surface area contributed by atoms with Crippen LogP contribution >= 0.6 is 0 Å². The van der Waals surface area contributed by atoms with E-state index in [0.717, 1.165) is 5.56 Å². The highest BCUT2D eigenvalue weighted by Crippen LogP contribution is 2.10. The normalized spacial score (nSPS) is 11.8. The zero-order valence-electron chi connectivity index (χ0n) is 11.0. The summed E-state index contributed by atoms with van der Waals surface area (Å²) < 4.78 is 4.90. The zero-order chi connectivity index (χ0) is 15.0. The van der Waals surface area contributed by atoms with Crippen molar-refractivity contribution in [1.82, 2.24) is 5.32 Å². The topological polar surface area (TPSA) is 128 Å². The Kier molecular flexibility index (Phi) is 6.48. The molecule has 1 atom stereocenters. The number of carbonyl (C=O) groups excluding carboxylic acids is 2. The molecule has 0 aliphatic rings.